The van der Waals surface area contributed by atoms with Gasteiger partial charge in [-0.1, -0.05) is 0 Å². The predicted octanol–water partition coefficient (Wildman–Crippen LogP) is 1.03. The van der Waals surface area contributed by atoms with Crippen molar-refractivity contribution in [1.82, 2.24) is 9.80 Å². The molecule has 0 spiro atoms. The molecular weight excluding hydrogens is 148 g/mol. The Morgan fingerprint density at radius 2 is 2.00 bits per heavy atom. The maximum Gasteiger partial charge on any atom is 0.0286 e. The summed E-state index contributed by atoms with van der Waals surface area (Å²) in [7, 11) is 4.43. The van der Waals surface area contributed by atoms with Crippen molar-refractivity contribution in [2.75, 3.05) is 20.6 Å². The second kappa shape index (κ2) is 2.71. The number of hydrogen-bond donors (Lipinski definition) is 0. The highest BCUT2D eigenvalue weighted by atomic mass is 15.3. The van der Waals surface area contributed by atoms with Gasteiger partial charge < -0.3 is 4.90 Å². The topological polar surface area (TPSA) is 6.48 Å². The first-order chi connectivity index (χ1) is 5.61. The van der Waals surface area contributed by atoms with Crippen LogP contribution in [-0.4, -0.2) is 48.6 Å². The highest BCUT2D eigenvalue weighted by Gasteiger charge is 2.53. The fourth-order valence-corrected chi connectivity index (χ4v) is 2.99. The van der Waals surface area contributed by atoms with E-state index in [0.29, 0.717) is 0 Å². The van der Waals surface area contributed by atoms with E-state index < -0.39 is 0 Å². The Kier molecular flexibility index (Phi) is 1.92. The van der Waals surface area contributed by atoms with Crippen molar-refractivity contribution in [2.45, 2.75) is 38.4 Å². The molecule has 2 bridgehead atoms. The number of fused-ring (bicyclic) bond motifs is 1. The van der Waals surface area contributed by atoms with Crippen LogP contribution in [0.1, 0.15) is 20.3 Å². The number of nitrogens with zero attached hydrogens (tertiary/aromatic N) is 2. The molecule has 0 aromatic carbocycles. The Balaban J connectivity index is 2.02. The zero-order valence-electron chi connectivity index (χ0n) is 8.62. The van der Waals surface area contributed by atoms with Crippen molar-refractivity contribution in [1.29, 1.82) is 0 Å². The van der Waals surface area contributed by atoms with Crippen LogP contribution >= 0.6 is 0 Å². The molecule has 1 saturated carbocycles. The minimum Gasteiger partial charge on any atom is -0.305 e. The van der Waals surface area contributed by atoms with Gasteiger partial charge in [0.05, 0.1) is 0 Å². The zero-order valence-corrected chi connectivity index (χ0v) is 8.62. The third kappa shape index (κ3) is 1.01. The van der Waals surface area contributed by atoms with Gasteiger partial charge in [0.1, 0.15) is 0 Å². The summed E-state index contributed by atoms with van der Waals surface area (Å²) >= 11 is 0. The largest absolute Gasteiger partial charge is 0.305 e. The van der Waals surface area contributed by atoms with Crippen LogP contribution in [-0.2, 0) is 0 Å². The van der Waals surface area contributed by atoms with E-state index in [0.717, 1.165) is 24.0 Å². The van der Waals surface area contributed by atoms with E-state index in [1.165, 1.54) is 13.0 Å². The van der Waals surface area contributed by atoms with Crippen LogP contribution in [0.3, 0.4) is 0 Å². The van der Waals surface area contributed by atoms with Crippen molar-refractivity contribution < 1.29 is 0 Å². The summed E-state index contributed by atoms with van der Waals surface area (Å²) in [6, 6.07) is 2.46. The molecule has 0 radical (unpaired) electrons. The molecule has 3 rings (SSSR count). The predicted molar refractivity (Wildman–Crippen MR) is 51.2 cm³/mol. The number of likely N-dealkylation sites (N-methyl/N-ethyl adjacent to an activating group) is 1. The van der Waals surface area contributed by atoms with Crippen molar-refractivity contribution >= 4 is 0 Å². The lowest BCUT2D eigenvalue weighted by molar-refractivity contribution is 0.0881. The fourth-order valence-electron chi connectivity index (χ4n) is 2.99. The van der Waals surface area contributed by atoms with Gasteiger partial charge in [-0.05, 0) is 40.3 Å². The molecule has 2 nitrogen and oxygen atoms in total. The second-order valence-electron chi connectivity index (χ2n) is 4.81. The highest BCUT2D eigenvalue weighted by molar-refractivity contribution is 5.09. The van der Waals surface area contributed by atoms with Gasteiger partial charge in [-0.15, -0.1) is 0 Å². The molecule has 2 heterocycles. The van der Waals surface area contributed by atoms with Crippen LogP contribution in [0.15, 0.2) is 0 Å². The van der Waals surface area contributed by atoms with E-state index in [9.17, 15) is 0 Å². The Morgan fingerprint density at radius 1 is 1.33 bits per heavy atom. The normalized spacial score (nSPS) is 41.0. The van der Waals surface area contributed by atoms with Crippen LogP contribution in [0.2, 0.25) is 0 Å². The summed E-state index contributed by atoms with van der Waals surface area (Å²) in [6.07, 6.45) is 1.45. The Hall–Kier alpha value is -0.0800. The van der Waals surface area contributed by atoms with E-state index >= 15 is 0 Å². The minimum absolute atomic E-state index is 0.741. The van der Waals surface area contributed by atoms with Gasteiger partial charge in [-0.3, -0.25) is 4.90 Å². The monoisotopic (exact) mass is 168 g/mol. The molecule has 0 N–H and O–H groups in total. The first-order valence-electron chi connectivity index (χ1n) is 5.03. The molecule has 3 atom stereocenters. The molecule has 12 heavy (non-hydrogen) atoms. The van der Waals surface area contributed by atoms with Gasteiger partial charge in [-0.25, -0.2) is 0 Å². The zero-order chi connectivity index (χ0) is 8.88. The standard InChI is InChI=1S/C10H20N2/c1-7(2)12-6-8-5-9(12)10(8)11(3)4/h7-10H,5-6H2,1-4H3/t8-,9-,10?/m1/s1. The van der Waals surface area contributed by atoms with Crippen molar-refractivity contribution in [3.8, 4) is 0 Å². The average molecular weight is 168 g/mol. The lowest BCUT2D eigenvalue weighted by Gasteiger charge is -2.42. The maximum absolute atomic E-state index is 2.66. The number of rotatable bonds is 2. The maximum atomic E-state index is 2.66. The van der Waals surface area contributed by atoms with Gasteiger partial charge >= 0.3 is 0 Å². The Labute approximate surface area is 75.5 Å². The lowest BCUT2D eigenvalue weighted by Crippen LogP contribution is -2.52. The quantitative estimate of drug-likeness (QED) is 0.607. The summed E-state index contributed by atoms with van der Waals surface area (Å²) in [4.78, 5) is 5.07. The summed E-state index contributed by atoms with van der Waals surface area (Å²) in [5.74, 6) is 0.965. The van der Waals surface area contributed by atoms with Gasteiger partial charge in [-0.2, -0.15) is 0 Å². The van der Waals surface area contributed by atoms with Gasteiger partial charge in [0.2, 0.25) is 0 Å². The summed E-state index contributed by atoms with van der Waals surface area (Å²) < 4.78 is 0. The average Bonchev–Trinajstić information content (AvgIpc) is 2.37. The smallest absolute Gasteiger partial charge is 0.0286 e. The summed E-state index contributed by atoms with van der Waals surface area (Å²) in [6.45, 7) is 5.96. The molecular formula is C10H20N2. The Morgan fingerprint density at radius 3 is 2.33 bits per heavy atom. The minimum atomic E-state index is 0.741. The lowest BCUT2D eigenvalue weighted by atomic mass is 9.79. The van der Waals surface area contributed by atoms with Crippen molar-refractivity contribution in [3.05, 3.63) is 0 Å². The van der Waals surface area contributed by atoms with Crippen molar-refractivity contribution in [3.63, 3.8) is 0 Å². The van der Waals surface area contributed by atoms with E-state index in [2.05, 4.69) is 37.7 Å². The van der Waals surface area contributed by atoms with Crippen LogP contribution in [0.5, 0.6) is 0 Å². The first kappa shape index (κ1) is 8.52. The molecule has 1 unspecified atom stereocenters. The SMILES string of the molecule is CC(C)N1C[C@H]2C[C@@H]1C2N(C)C. The molecule has 2 aliphatic heterocycles. The third-order valence-corrected chi connectivity index (χ3v) is 3.55. The Bertz CT molecular complexity index is 167. The number of hydrogen-bond acceptors (Lipinski definition) is 2. The van der Waals surface area contributed by atoms with E-state index in [4.69, 9.17) is 0 Å². The molecule has 0 amide bonds. The van der Waals surface area contributed by atoms with E-state index in [1.54, 1.807) is 0 Å². The molecule has 3 aliphatic rings. The molecule has 3 fully saturated rings. The van der Waals surface area contributed by atoms with Crippen LogP contribution in [0.4, 0.5) is 0 Å². The van der Waals surface area contributed by atoms with Crippen LogP contribution in [0.25, 0.3) is 0 Å². The van der Waals surface area contributed by atoms with E-state index in [-0.39, 0.29) is 0 Å². The van der Waals surface area contributed by atoms with Crippen LogP contribution in [0, 0.1) is 5.92 Å². The van der Waals surface area contributed by atoms with Gasteiger partial charge in [0, 0.05) is 24.7 Å². The molecule has 0 aromatic rings. The van der Waals surface area contributed by atoms with Gasteiger partial charge in [0.25, 0.3) is 0 Å². The van der Waals surface area contributed by atoms with Crippen LogP contribution < -0.4 is 0 Å². The first-order valence-corrected chi connectivity index (χ1v) is 5.03. The fraction of sp³-hybridized carbons (Fsp3) is 1.00. The molecule has 1 aliphatic carbocycles. The third-order valence-electron chi connectivity index (χ3n) is 3.55. The van der Waals surface area contributed by atoms with Crippen molar-refractivity contribution in [2.24, 2.45) is 5.92 Å². The van der Waals surface area contributed by atoms with E-state index in [1.807, 2.05) is 0 Å². The summed E-state index contributed by atoms with van der Waals surface area (Å²) in [5.41, 5.74) is 0. The highest BCUT2D eigenvalue weighted by Crippen LogP contribution is 2.44. The molecule has 0 aromatic heterocycles. The molecule has 2 heteroatoms. The van der Waals surface area contributed by atoms with Gasteiger partial charge in [0.15, 0.2) is 0 Å². The molecule has 2 saturated heterocycles. The second-order valence-corrected chi connectivity index (χ2v) is 4.81. The summed E-state index contributed by atoms with van der Waals surface area (Å²) in [5, 5.41) is 0. The molecule has 70 valence electrons.